The van der Waals surface area contributed by atoms with Gasteiger partial charge in [0.15, 0.2) is 5.82 Å². The van der Waals surface area contributed by atoms with Gasteiger partial charge in [-0.15, -0.1) is 10.2 Å². The monoisotopic (exact) mass is 319 g/mol. The van der Waals surface area contributed by atoms with Gasteiger partial charge in [0.2, 0.25) is 11.8 Å². The minimum atomic E-state index is -0.260. The zero-order chi connectivity index (χ0) is 16.6. The van der Waals surface area contributed by atoms with E-state index in [0.717, 1.165) is 37.6 Å². The maximum atomic E-state index is 12.5. The van der Waals surface area contributed by atoms with Crippen LogP contribution >= 0.6 is 0 Å². The Morgan fingerprint density at radius 2 is 2.13 bits per heavy atom. The number of carbonyl (C=O) groups is 2. The summed E-state index contributed by atoms with van der Waals surface area (Å²) in [5.74, 6) is 1.99. The summed E-state index contributed by atoms with van der Waals surface area (Å²) in [5.41, 5.74) is 0. The third kappa shape index (κ3) is 3.23. The van der Waals surface area contributed by atoms with E-state index in [-0.39, 0.29) is 23.8 Å². The van der Waals surface area contributed by atoms with Crippen molar-refractivity contribution in [2.45, 2.75) is 52.6 Å². The average Bonchev–Trinajstić information content (AvgIpc) is 3.14. The maximum Gasteiger partial charge on any atom is 0.226 e. The number of nitrogens with one attached hydrogen (secondary N) is 1. The number of fused-ring (bicyclic) bond motifs is 1. The fraction of sp³-hybridized carbons (Fsp3) is 0.750. The largest absolute Gasteiger partial charge is 0.346 e. The topological polar surface area (TPSA) is 80.1 Å². The van der Waals surface area contributed by atoms with E-state index in [0.29, 0.717) is 18.9 Å². The summed E-state index contributed by atoms with van der Waals surface area (Å²) in [7, 11) is 0. The van der Waals surface area contributed by atoms with Gasteiger partial charge in [-0.3, -0.25) is 9.59 Å². The zero-order valence-electron chi connectivity index (χ0n) is 14.1. The van der Waals surface area contributed by atoms with Crippen LogP contribution in [0.4, 0.5) is 0 Å². The second-order valence-electron chi connectivity index (χ2n) is 7.05. The van der Waals surface area contributed by atoms with E-state index in [1.165, 1.54) is 0 Å². The fourth-order valence-electron chi connectivity index (χ4n) is 3.45. The first-order valence-electron chi connectivity index (χ1n) is 8.45. The van der Waals surface area contributed by atoms with Crippen molar-refractivity contribution in [2.75, 3.05) is 13.1 Å². The Hall–Kier alpha value is -1.92. The van der Waals surface area contributed by atoms with Crippen molar-refractivity contribution in [3.8, 4) is 0 Å². The Labute approximate surface area is 136 Å². The zero-order valence-corrected chi connectivity index (χ0v) is 14.1. The first-order valence-corrected chi connectivity index (χ1v) is 8.45. The molecule has 0 bridgehead atoms. The number of nitrogens with zero attached hydrogens (tertiary/aromatic N) is 4. The number of hydrogen-bond donors (Lipinski definition) is 1. The van der Waals surface area contributed by atoms with E-state index in [4.69, 9.17) is 0 Å². The van der Waals surface area contributed by atoms with Gasteiger partial charge in [-0.2, -0.15) is 0 Å². The molecular formula is C16H25N5O2. The molecule has 0 spiro atoms. The SMILES string of the molecule is CC(C)CN1C[C@H](C(=O)N[C@@H](C)c2nnc3n2CCC3)CC1=O. The summed E-state index contributed by atoms with van der Waals surface area (Å²) in [5, 5.41) is 11.4. The van der Waals surface area contributed by atoms with Gasteiger partial charge < -0.3 is 14.8 Å². The summed E-state index contributed by atoms with van der Waals surface area (Å²) in [6.07, 6.45) is 2.35. The molecule has 126 valence electrons. The first kappa shape index (κ1) is 16.0. The molecule has 7 nitrogen and oxygen atoms in total. The Morgan fingerprint density at radius 3 is 2.87 bits per heavy atom. The normalized spacial score (nSPS) is 21.8. The molecule has 2 atom stereocenters. The molecule has 7 heteroatoms. The Bertz CT molecular complexity index is 610. The minimum absolute atomic E-state index is 0.0625. The fourth-order valence-corrected chi connectivity index (χ4v) is 3.45. The molecular weight excluding hydrogens is 294 g/mol. The average molecular weight is 319 g/mol. The molecule has 2 aliphatic rings. The molecule has 3 rings (SSSR count). The van der Waals surface area contributed by atoms with E-state index >= 15 is 0 Å². The molecule has 0 aliphatic carbocycles. The number of likely N-dealkylation sites (tertiary alicyclic amines) is 1. The number of amides is 2. The summed E-state index contributed by atoms with van der Waals surface area (Å²) >= 11 is 0. The highest BCUT2D eigenvalue weighted by Gasteiger charge is 2.35. The third-order valence-corrected chi connectivity index (χ3v) is 4.55. The van der Waals surface area contributed by atoms with Crippen LogP contribution in [0, 0.1) is 11.8 Å². The summed E-state index contributed by atoms with van der Waals surface area (Å²) in [6, 6.07) is -0.184. The van der Waals surface area contributed by atoms with E-state index < -0.39 is 0 Å². The number of aromatic nitrogens is 3. The van der Waals surface area contributed by atoms with E-state index in [2.05, 4.69) is 33.9 Å². The molecule has 3 heterocycles. The summed E-state index contributed by atoms with van der Waals surface area (Å²) in [4.78, 5) is 26.3. The van der Waals surface area contributed by atoms with Crippen molar-refractivity contribution >= 4 is 11.8 Å². The highest BCUT2D eigenvalue weighted by molar-refractivity contribution is 5.89. The van der Waals surface area contributed by atoms with Gasteiger partial charge in [0.1, 0.15) is 5.82 Å². The van der Waals surface area contributed by atoms with Crippen LogP contribution < -0.4 is 5.32 Å². The van der Waals surface area contributed by atoms with Crippen LogP contribution in [0.1, 0.15) is 51.3 Å². The molecule has 23 heavy (non-hydrogen) atoms. The number of rotatable bonds is 5. The van der Waals surface area contributed by atoms with Crippen LogP contribution in [0.15, 0.2) is 0 Å². The van der Waals surface area contributed by atoms with Crippen LogP contribution in [-0.2, 0) is 22.6 Å². The van der Waals surface area contributed by atoms with Crippen LogP contribution in [0.5, 0.6) is 0 Å². The predicted molar refractivity (Wildman–Crippen MR) is 84.4 cm³/mol. The third-order valence-electron chi connectivity index (χ3n) is 4.55. The van der Waals surface area contributed by atoms with E-state index in [1.807, 2.05) is 6.92 Å². The molecule has 0 aromatic carbocycles. The molecule has 1 aromatic rings. The first-order chi connectivity index (χ1) is 11.0. The second kappa shape index (κ2) is 6.29. The van der Waals surface area contributed by atoms with Crippen LogP contribution in [0.25, 0.3) is 0 Å². The number of aryl methyl sites for hydroxylation is 1. The Kier molecular flexibility index (Phi) is 4.37. The molecule has 2 aliphatic heterocycles. The minimum Gasteiger partial charge on any atom is -0.346 e. The molecule has 1 N–H and O–H groups in total. The molecule has 1 fully saturated rings. The number of hydrogen-bond acceptors (Lipinski definition) is 4. The quantitative estimate of drug-likeness (QED) is 0.874. The van der Waals surface area contributed by atoms with Gasteiger partial charge in [-0.05, 0) is 19.3 Å². The van der Waals surface area contributed by atoms with Crippen LogP contribution in [-0.4, -0.2) is 44.6 Å². The van der Waals surface area contributed by atoms with Crippen molar-refractivity contribution in [2.24, 2.45) is 11.8 Å². The lowest BCUT2D eigenvalue weighted by molar-refractivity contribution is -0.129. The highest BCUT2D eigenvalue weighted by atomic mass is 16.2. The smallest absolute Gasteiger partial charge is 0.226 e. The van der Waals surface area contributed by atoms with Crippen LogP contribution in [0.2, 0.25) is 0 Å². The van der Waals surface area contributed by atoms with Crippen LogP contribution in [0.3, 0.4) is 0 Å². The van der Waals surface area contributed by atoms with Gasteiger partial charge in [0.25, 0.3) is 0 Å². The van der Waals surface area contributed by atoms with Crippen molar-refractivity contribution in [3.05, 3.63) is 11.6 Å². The lowest BCUT2D eigenvalue weighted by Crippen LogP contribution is -2.36. The molecule has 0 saturated carbocycles. The molecule has 2 amide bonds. The Morgan fingerprint density at radius 1 is 1.35 bits per heavy atom. The number of carbonyl (C=O) groups excluding carboxylic acids is 2. The van der Waals surface area contributed by atoms with Gasteiger partial charge >= 0.3 is 0 Å². The maximum absolute atomic E-state index is 12.5. The van der Waals surface area contributed by atoms with E-state index in [1.54, 1.807) is 4.90 Å². The molecule has 0 radical (unpaired) electrons. The predicted octanol–water partition coefficient (Wildman–Crippen LogP) is 0.906. The van der Waals surface area contributed by atoms with Crippen molar-refractivity contribution in [1.82, 2.24) is 25.0 Å². The summed E-state index contributed by atoms with van der Waals surface area (Å²) in [6.45, 7) is 8.24. The molecule has 1 saturated heterocycles. The molecule has 0 unspecified atom stereocenters. The lowest BCUT2D eigenvalue weighted by Gasteiger charge is -2.19. The standard InChI is InChI=1S/C16H25N5O2/c1-10(2)8-20-9-12(7-14(20)22)16(23)17-11(3)15-19-18-13-5-4-6-21(13)15/h10-12H,4-9H2,1-3H3,(H,17,23)/t11-,12+/m0/s1. The van der Waals surface area contributed by atoms with Crippen molar-refractivity contribution in [1.29, 1.82) is 0 Å². The van der Waals surface area contributed by atoms with Gasteiger partial charge in [0.05, 0.1) is 12.0 Å². The van der Waals surface area contributed by atoms with E-state index in [9.17, 15) is 9.59 Å². The van der Waals surface area contributed by atoms with Crippen molar-refractivity contribution < 1.29 is 9.59 Å². The Balaban J connectivity index is 1.60. The molecule has 1 aromatic heterocycles. The highest BCUT2D eigenvalue weighted by Crippen LogP contribution is 2.22. The van der Waals surface area contributed by atoms with Gasteiger partial charge in [-0.1, -0.05) is 13.8 Å². The lowest BCUT2D eigenvalue weighted by atomic mass is 10.1. The summed E-state index contributed by atoms with van der Waals surface area (Å²) < 4.78 is 2.09. The second-order valence-corrected chi connectivity index (χ2v) is 7.05. The van der Waals surface area contributed by atoms with Crippen molar-refractivity contribution in [3.63, 3.8) is 0 Å². The van der Waals surface area contributed by atoms with Gasteiger partial charge in [0, 0.05) is 32.5 Å². The van der Waals surface area contributed by atoms with Gasteiger partial charge in [-0.25, -0.2) is 0 Å².